The summed E-state index contributed by atoms with van der Waals surface area (Å²) in [5.41, 5.74) is 1.61. The maximum atomic E-state index is 13.0. The van der Waals surface area contributed by atoms with Crippen LogP contribution in [-0.4, -0.2) is 57.4 Å². The van der Waals surface area contributed by atoms with Gasteiger partial charge in [-0.3, -0.25) is 10.1 Å². The smallest absolute Gasteiger partial charge is 0.321 e. The molecule has 9 nitrogen and oxygen atoms in total. The Hall–Kier alpha value is -2.69. The van der Waals surface area contributed by atoms with Crippen LogP contribution in [0.5, 0.6) is 0 Å². The lowest BCUT2D eigenvalue weighted by molar-refractivity contribution is -0.895. The number of sulfonamides is 1. The lowest BCUT2D eigenvalue weighted by Crippen LogP contribution is -3.15. The highest BCUT2D eigenvalue weighted by molar-refractivity contribution is 7.89. The number of hydrogen-bond donors (Lipinski definition) is 3. The number of urea groups is 1. The second-order valence-electron chi connectivity index (χ2n) is 7.41. The molecule has 1 aliphatic heterocycles. The SMILES string of the molecule is Cc1ccc(C)c(S(=O)(=O)N2CC[NH+](CC(=O)NC(=O)NCc3ccco3)CC2)c1. The minimum Gasteiger partial charge on any atom is -0.467 e. The molecule has 0 spiro atoms. The molecule has 3 N–H and O–H groups in total. The summed E-state index contributed by atoms with van der Waals surface area (Å²) < 4.78 is 32.5. The van der Waals surface area contributed by atoms with Gasteiger partial charge in [0.1, 0.15) is 5.76 Å². The second kappa shape index (κ2) is 9.41. The highest BCUT2D eigenvalue weighted by atomic mass is 32.2. The van der Waals surface area contributed by atoms with Crippen LogP contribution in [0.1, 0.15) is 16.9 Å². The third-order valence-corrected chi connectivity index (χ3v) is 7.10. The molecular weight excluding hydrogens is 408 g/mol. The first kappa shape index (κ1) is 22.0. The third-order valence-electron chi connectivity index (χ3n) is 5.06. The van der Waals surface area contributed by atoms with E-state index in [-0.39, 0.29) is 13.1 Å². The lowest BCUT2D eigenvalue weighted by Gasteiger charge is -2.31. The molecule has 0 aliphatic carbocycles. The molecule has 0 unspecified atom stereocenters. The van der Waals surface area contributed by atoms with E-state index in [0.717, 1.165) is 16.0 Å². The summed E-state index contributed by atoms with van der Waals surface area (Å²) in [5, 5.41) is 4.83. The zero-order chi connectivity index (χ0) is 21.7. The molecule has 2 heterocycles. The van der Waals surface area contributed by atoms with Gasteiger partial charge in [-0.15, -0.1) is 0 Å². The maximum Gasteiger partial charge on any atom is 0.321 e. The molecule has 0 bridgehead atoms. The van der Waals surface area contributed by atoms with Gasteiger partial charge in [0.15, 0.2) is 6.54 Å². The van der Waals surface area contributed by atoms with Gasteiger partial charge in [0.25, 0.3) is 5.91 Å². The van der Waals surface area contributed by atoms with Gasteiger partial charge in [-0.2, -0.15) is 4.31 Å². The van der Waals surface area contributed by atoms with Crippen LogP contribution >= 0.6 is 0 Å². The fourth-order valence-corrected chi connectivity index (χ4v) is 5.12. The molecule has 1 aromatic heterocycles. The Labute approximate surface area is 176 Å². The quantitative estimate of drug-likeness (QED) is 0.582. The van der Waals surface area contributed by atoms with E-state index in [4.69, 9.17) is 4.42 Å². The highest BCUT2D eigenvalue weighted by Gasteiger charge is 2.32. The largest absolute Gasteiger partial charge is 0.467 e. The number of carbonyl (C=O) groups is 2. The van der Waals surface area contributed by atoms with Crippen molar-refractivity contribution in [1.29, 1.82) is 0 Å². The average molecular weight is 436 g/mol. The van der Waals surface area contributed by atoms with Crippen molar-refractivity contribution in [2.45, 2.75) is 25.3 Å². The molecule has 162 valence electrons. The Morgan fingerprint density at radius 1 is 1.17 bits per heavy atom. The van der Waals surface area contributed by atoms with Crippen molar-refractivity contribution in [3.8, 4) is 0 Å². The molecule has 3 rings (SSSR count). The van der Waals surface area contributed by atoms with E-state index in [9.17, 15) is 18.0 Å². The van der Waals surface area contributed by atoms with Crippen LogP contribution in [0.4, 0.5) is 4.79 Å². The lowest BCUT2D eigenvalue weighted by atomic mass is 10.2. The number of piperazine rings is 1. The Bertz CT molecular complexity index is 996. The first-order valence-corrected chi connectivity index (χ1v) is 11.2. The molecule has 0 radical (unpaired) electrons. The van der Waals surface area contributed by atoms with E-state index < -0.39 is 22.0 Å². The van der Waals surface area contributed by atoms with Crippen LogP contribution in [0.3, 0.4) is 0 Å². The van der Waals surface area contributed by atoms with Gasteiger partial charge in [0.2, 0.25) is 10.0 Å². The Kier molecular flexibility index (Phi) is 6.91. The van der Waals surface area contributed by atoms with Crippen LogP contribution in [0.2, 0.25) is 0 Å². The van der Waals surface area contributed by atoms with Crippen LogP contribution in [0.15, 0.2) is 45.9 Å². The summed E-state index contributed by atoms with van der Waals surface area (Å²) in [5.74, 6) is 0.178. The number of aryl methyl sites for hydroxylation is 2. The van der Waals surface area contributed by atoms with Gasteiger partial charge in [-0.1, -0.05) is 12.1 Å². The molecule has 0 saturated carbocycles. The zero-order valence-corrected chi connectivity index (χ0v) is 17.9. The average Bonchev–Trinajstić information content (AvgIpc) is 3.22. The third kappa shape index (κ3) is 5.47. The molecule has 10 heteroatoms. The van der Waals surface area contributed by atoms with E-state index in [1.54, 1.807) is 25.1 Å². The predicted molar refractivity (Wildman–Crippen MR) is 109 cm³/mol. The van der Waals surface area contributed by atoms with Crippen molar-refractivity contribution in [3.05, 3.63) is 53.5 Å². The molecular formula is C20H27N4O5S+. The first-order chi connectivity index (χ1) is 14.3. The van der Waals surface area contributed by atoms with Crippen molar-refractivity contribution < 1.29 is 27.3 Å². The van der Waals surface area contributed by atoms with Gasteiger partial charge < -0.3 is 14.6 Å². The molecule has 30 heavy (non-hydrogen) atoms. The van der Waals surface area contributed by atoms with Crippen molar-refractivity contribution in [3.63, 3.8) is 0 Å². The van der Waals surface area contributed by atoms with Gasteiger partial charge in [-0.05, 0) is 43.2 Å². The van der Waals surface area contributed by atoms with Crippen molar-refractivity contribution in [2.24, 2.45) is 0 Å². The number of rotatable bonds is 6. The first-order valence-electron chi connectivity index (χ1n) is 9.77. The van der Waals surface area contributed by atoms with Crippen LogP contribution in [-0.2, 0) is 21.4 Å². The molecule has 1 saturated heterocycles. The van der Waals surface area contributed by atoms with Crippen molar-refractivity contribution in [1.82, 2.24) is 14.9 Å². The number of amides is 3. The minimum absolute atomic E-state index is 0.103. The van der Waals surface area contributed by atoms with E-state index in [0.29, 0.717) is 36.8 Å². The molecule has 1 fully saturated rings. The topological polar surface area (TPSA) is 113 Å². The van der Waals surface area contributed by atoms with E-state index in [1.165, 1.54) is 10.6 Å². The Morgan fingerprint density at radius 3 is 2.57 bits per heavy atom. The number of quaternary nitrogens is 1. The zero-order valence-electron chi connectivity index (χ0n) is 17.1. The van der Waals surface area contributed by atoms with Crippen LogP contribution in [0, 0.1) is 13.8 Å². The number of furan rings is 1. The molecule has 1 aromatic carbocycles. The normalized spacial score (nSPS) is 15.7. The number of nitrogens with zero attached hydrogens (tertiary/aromatic N) is 1. The van der Waals surface area contributed by atoms with Gasteiger partial charge in [-0.25, -0.2) is 13.2 Å². The van der Waals surface area contributed by atoms with Gasteiger partial charge in [0.05, 0.1) is 43.9 Å². The van der Waals surface area contributed by atoms with Crippen LogP contribution in [0.25, 0.3) is 0 Å². The molecule has 2 aromatic rings. The summed E-state index contributed by atoms with van der Waals surface area (Å²) in [6.07, 6.45) is 1.50. The van der Waals surface area contributed by atoms with E-state index >= 15 is 0 Å². The standard InChI is InChI=1S/C20H26N4O5S/c1-15-5-6-16(2)18(12-15)30(27,28)24-9-7-23(8-10-24)14-19(25)22-20(26)21-13-17-4-3-11-29-17/h3-6,11-12H,7-10,13-14H2,1-2H3,(H2,21,22,25,26)/p+1. The predicted octanol–water partition coefficient (Wildman–Crippen LogP) is -0.188. The summed E-state index contributed by atoms with van der Waals surface area (Å²) in [6.45, 7) is 5.57. The fourth-order valence-electron chi connectivity index (χ4n) is 3.37. The Balaban J connectivity index is 1.47. The fraction of sp³-hybridized carbons (Fsp3) is 0.400. The van der Waals surface area contributed by atoms with Gasteiger partial charge >= 0.3 is 6.03 Å². The maximum absolute atomic E-state index is 13.0. The number of imide groups is 1. The molecule has 1 aliphatic rings. The van der Waals surface area contributed by atoms with Crippen molar-refractivity contribution in [2.75, 3.05) is 32.7 Å². The van der Waals surface area contributed by atoms with Crippen molar-refractivity contribution >= 4 is 22.0 Å². The molecule has 3 amide bonds. The Morgan fingerprint density at radius 2 is 1.90 bits per heavy atom. The summed E-state index contributed by atoms with van der Waals surface area (Å²) in [7, 11) is -3.57. The van der Waals surface area contributed by atoms with Gasteiger partial charge in [0, 0.05) is 0 Å². The summed E-state index contributed by atoms with van der Waals surface area (Å²) >= 11 is 0. The second-order valence-corrected chi connectivity index (χ2v) is 9.32. The van der Waals surface area contributed by atoms with E-state index in [2.05, 4.69) is 10.6 Å². The highest BCUT2D eigenvalue weighted by Crippen LogP contribution is 2.21. The number of nitrogens with one attached hydrogen (secondary N) is 3. The van der Waals surface area contributed by atoms with E-state index in [1.807, 2.05) is 19.1 Å². The number of benzene rings is 1. The van der Waals surface area contributed by atoms with Crippen LogP contribution < -0.4 is 15.5 Å². The number of carbonyl (C=O) groups excluding carboxylic acids is 2. The minimum atomic E-state index is -3.57. The summed E-state index contributed by atoms with van der Waals surface area (Å²) in [6, 6.07) is 8.23. The molecule has 0 atom stereocenters. The monoisotopic (exact) mass is 435 g/mol. The number of hydrogen-bond acceptors (Lipinski definition) is 5. The summed E-state index contributed by atoms with van der Waals surface area (Å²) in [4.78, 5) is 25.2.